The van der Waals surface area contributed by atoms with E-state index in [0.717, 1.165) is 25.3 Å². The molecule has 0 saturated carbocycles. The maximum atomic E-state index is 12.6. The Hall–Kier alpha value is -3.41. The van der Waals surface area contributed by atoms with Crippen molar-refractivity contribution in [2.75, 3.05) is 16.8 Å². The third kappa shape index (κ3) is 4.37. The average Bonchev–Trinajstić information content (AvgIpc) is 2.74. The minimum Gasteiger partial charge on any atom is -0.489 e. The van der Waals surface area contributed by atoms with E-state index in [2.05, 4.69) is 44.5 Å². The summed E-state index contributed by atoms with van der Waals surface area (Å²) in [6, 6.07) is 15.8. The van der Waals surface area contributed by atoms with Gasteiger partial charge in [0.15, 0.2) is 0 Å². The van der Waals surface area contributed by atoms with Crippen molar-refractivity contribution in [2.24, 2.45) is 0 Å². The molecule has 0 saturated heterocycles. The highest BCUT2D eigenvalue weighted by atomic mass is 16.5. The fourth-order valence-electron chi connectivity index (χ4n) is 3.41. The lowest BCUT2D eigenvalue weighted by atomic mass is 10.0. The summed E-state index contributed by atoms with van der Waals surface area (Å²) in [4.78, 5) is 23.6. The van der Waals surface area contributed by atoms with Crippen LogP contribution in [-0.4, -0.2) is 28.5 Å². The highest BCUT2D eigenvalue weighted by Crippen LogP contribution is 2.26. The van der Waals surface area contributed by atoms with Gasteiger partial charge in [0.2, 0.25) is 0 Å². The third-order valence-corrected chi connectivity index (χ3v) is 4.82. The van der Waals surface area contributed by atoms with E-state index >= 15 is 0 Å². The van der Waals surface area contributed by atoms with Gasteiger partial charge >= 0.3 is 0 Å². The zero-order chi connectivity index (χ0) is 20.2. The number of nitrogens with one attached hydrogen (secondary N) is 1. The molecule has 0 fully saturated rings. The molecule has 0 aliphatic carbocycles. The molecule has 1 amide bonds. The maximum Gasteiger partial charge on any atom is 0.275 e. The van der Waals surface area contributed by atoms with Gasteiger partial charge in [-0.25, -0.2) is 9.97 Å². The van der Waals surface area contributed by atoms with E-state index in [1.54, 1.807) is 6.20 Å². The van der Waals surface area contributed by atoms with Crippen molar-refractivity contribution >= 4 is 17.4 Å². The second-order valence-electron chi connectivity index (χ2n) is 7.32. The van der Waals surface area contributed by atoms with Crippen molar-refractivity contribution in [3.8, 4) is 5.75 Å². The summed E-state index contributed by atoms with van der Waals surface area (Å²) in [7, 11) is 0. The van der Waals surface area contributed by atoms with Gasteiger partial charge in [-0.1, -0.05) is 36.4 Å². The van der Waals surface area contributed by atoms with Crippen LogP contribution in [0.5, 0.6) is 5.75 Å². The minimum absolute atomic E-state index is 0.0156. The molecule has 2 heterocycles. The molecule has 0 spiro atoms. The van der Waals surface area contributed by atoms with E-state index in [-0.39, 0.29) is 17.7 Å². The first-order valence-electron chi connectivity index (χ1n) is 9.81. The number of hydrogen-bond acceptors (Lipinski definition) is 5. The van der Waals surface area contributed by atoms with Crippen LogP contribution in [-0.2, 0) is 13.0 Å². The Morgan fingerprint density at radius 1 is 1.03 bits per heavy atom. The topological polar surface area (TPSA) is 67.3 Å². The monoisotopic (exact) mass is 388 g/mol. The van der Waals surface area contributed by atoms with Gasteiger partial charge in [-0.3, -0.25) is 4.79 Å². The number of rotatable bonds is 5. The van der Waals surface area contributed by atoms with Crippen LogP contribution in [0.4, 0.5) is 11.5 Å². The van der Waals surface area contributed by atoms with Crippen LogP contribution in [0.25, 0.3) is 0 Å². The van der Waals surface area contributed by atoms with Gasteiger partial charge in [-0.15, -0.1) is 0 Å². The summed E-state index contributed by atoms with van der Waals surface area (Å²) in [5.74, 6) is 1.10. The molecule has 6 heteroatoms. The first kappa shape index (κ1) is 18.9. The molecule has 29 heavy (non-hydrogen) atoms. The lowest BCUT2D eigenvalue weighted by Crippen LogP contribution is -2.31. The highest BCUT2D eigenvalue weighted by Gasteiger charge is 2.18. The van der Waals surface area contributed by atoms with Crippen molar-refractivity contribution in [3.05, 3.63) is 77.7 Å². The van der Waals surface area contributed by atoms with Crippen LogP contribution >= 0.6 is 0 Å². The number of aromatic nitrogens is 2. The van der Waals surface area contributed by atoms with Gasteiger partial charge in [0, 0.05) is 13.1 Å². The summed E-state index contributed by atoms with van der Waals surface area (Å²) < 4.78 is 5.75. The van der Waals surface area contributed by atoms with E-state index in [9.17, 15) is 4.79 Å². The summed E-state index contributed by atoms with van der Waals surface area (Å²) >= 11 is 0. The molecule has 0 unspecified atom stereocenters. The second-order valence-corrected chi connectivity index (χ2v) is 7.32. The van der Waals surface area contributed by atoms with Gasteiger partial charge in [0.25, 0.3) is 5.91 Å². The fraction of sp³-hybridized carbons (Fsp3) is 0.261. The van der Waals surface area contributed by atoms with Gasteiger partial charge in [0.05, 0.1) is 24.2 Å². The van der Waals surface area contributed by atoms with E-state index in [1.165, 1.54) is 17.3 Å². The number of para-hydroxylation sites is 2. The SMILES string of the molecule is CC(C)Oc1ccccc1NC(=O)c1cnc(N2CCc3ccccc3C2)cn1. The van der Waals surface area contributed by atoms with Gasteiger partial charge in [-0.05, 0) is 43.5 Å². The Morgan fingerprint density at radius 2 is 1.79 bits per heavy atom. The number of amides is 1. The molecule has 0 radical (unpaired) electrons. The zero-order valence-electron chi connectivity index (χ0n) is 16.6. The summed E-state index contributed by atoms with van der Waals surface area (Å²) in [6.45, 7) is 5.58. The Bertz CT molecular complexity index is 1000. The molecule has 4 rings (SSSR count). The smallest absolute Gasteiger partial charge is 0.275 e. The average molecular weight is 388 g/mol. The maximum absolute atomic E-state index is 12.6. The van der Waals surface area contributed by atoms with Crippen molar-refractivity contribution in [1.82, 2.24) is 9.97 Å². The van der Waals surface area contributed by atoms with Crippen LogP contribution in [0, 0.1) is 0 Å². The number of ether oxygens (including phenoxy) is 1. The Balaban J connectivity index is 1.45. The summed E-state index contributed by atoms with van der Waals surface area (Å²) in [5, 5.41) is 2.86. The molecule has 148 valence electrons. The molecule has 3 aromatic rings. The molecular formula is C23H24N4O2. The minimum atomic E-state index is -0.312. The molecule has 1 aromatic heterocycles. The lowest BCUT2D eigenvalue weighted by molar-refractivity contribution is 0.102. The molecule has 1 aliphatic heterocycles. The molecular weight excluding hydrogens is 364 g/mol. The number of nitrogens with zero attached hydrogens (tertiary/aromatic N) is 3. The Morgan fingerprint density at radius 3 is 2.55 bits per heavy atom. The fourth-order valence-corrected chi connectivity index (χ4v) is 3.41. The van der Waals surface area contributed by atoms with Gasteiger partial charge in [0.1, 0.15) is 17.3 Å². The lowest BCUT2D eigenvalue weighted by Gasteiger charge is -2.29. The van der Waals surface area contributed by atoms with Crippen molar-refractivity contribution in [1.29, 1.82) is 0 Å². The summed E-state index contributed by atoms with van der Waals surface area (Å²) in [5.41, 5.74) is 3.58. The van der Waals surface area contributed by atoms with E-state index in [1.807, 2.05) is 38.1 Å². The predicted molar refractivity (Wildman–Crippen MR) is 113 cm³/mol. The number of carbonyl (C=O) groups is 1. The van der Waals surface area contributed by atoms with Crippen LogP contribution in [0.15, 0.2) is 60.9 Å². The number of carbonyl (C=O) groups excluding carboxylic acids is 1. The summed E-state index contributed by atoms with van der Waals surface area (Å²) in [6.07, 6.45) is 4.19. The number of fused-ring (bicyclic) bond motifs is 1. The van der Waals surface area contributed by atoms with E-state index in [4.69, 9.17) is 4.74 Å². The molecule has 6 nitrogen and oxygen atoms in total. The number of benzene rings is 2. The quantitative estimate of drug-likeness (QED) is 0.713. The van der Waals surface area contributed by atoms with Gasteiger partial charge < -0.3 is 15.0 Å². The van der Waals surface area contributed by atoms with Crippen molar-refractivity contribution < 1.29 is 9.53 Å². The molecule has 2 aromatic carbocycles. The Labute approximate surface area is 170 Å². The van der Waals surface area contributed by atoms with Crippen LogP contribution in [0.1, 0.15) is 35.5 Å². The Kier molecular flexibility index (Phi) is 5.42. The number of anilines is 2. The molecule has 0 atom stereocenters. The molecule has 0 bridgehead atoms. The second kappa shape index (κ2) is 8.31. The molecule has 1 aliphatic rings. The first-order valence-corrected chi connectivity index (χ1v) is 9.81. The zero-order valence-corrected chi connectivity index (χ0v) is 16.6. The van der Waals surface area contributed by atoms with E-state index in [0.29, 0.717) is 11.4 Å². The highest BCUT2D eigenvalue weighted by molar-refractivity contribution is 6.03. The predicted octanol–water partition coefficient (Wildman–Crippen LogP) is 4.08. The number of hydrogen-bond donors (Lipinski definition) is 1. The van der Waals surface area contributed by atoms with Crippen LogP contribution < -0.4 is 15.0 Å². The largest absolute Gasteiger partial charge is 0.489 e. The van der Waals surface area contributed by atoms with Crippen LogP contribution in [0.2, 0.25) is 0 Å². The van der Waals surface area contributed by atoms with E-state index < -0.39 is 0 Å². The first-order chi connectivity index (χ1) is 14.1. The van der Waals surface area contributed by atoms with Crippen molar-refractivity contribution in [2.45, 2.75) is 32.9 Å². The van der Waals surface area contributed by atoms with Gasteiger partial charge in [-0.2, -0.15) is 0 Å². The third-order valence-electron chi connectivity index (χ3n) is 4.82. The normalized spacial score (nSPS) is 13.1. The van der Waals surface area contributed by atoms with Crippen LogP contribution in [0.3, 0.4) is 0 Å². The standard InChI is InChI=1S/C23H24N4O2/c1-16(2)29-21-10-6-5-9-19(21)26-23(28)20-13-25-22(14-24-20)27-12-11-17-7-3-4-8-18(17)15-27/h3-10,13-14,16H,11-12,15H2,1-2H3,(H,26,28). The van der Waals surface area contributed by atoms with Crippen molar-refractivity contribution in [3.63, 3.8) is 0 Å². The molecule has 1 N–H and O–H groups in total.